The highest BCUT2D eigenvalue weighted by atomic mass is 35.5. The molecule has 24 heavy (non-hydrogen) atoms. The first kappa shape index (κ1) is 16.8. The second-order valence-corrected chi connectivity index (χ2v) is 6.45. The number of H-pyrrole nitrogens is 1. The molecule has 1 atom stereocenters. The highest BCUT2D eigenvalue weighted by Gasteiger charge is 2.16. The first-order valence-electron chi connectivity index (χ1n) is 7.57. The maximum absolute atomic E-state index is 12.2. The Balaban J connectivity index is 1.61. The number of fused-ring (bicyclic) bond motifs is 1. The van der Waals surface area contributed by atoms with Gasteiger partial charge in [0.15, 0.2) is 0 Å². The van der Waals surface area contributed by atoms with Gasteiger partial charge >= 0.3 is 0 Å². The van der Waals surface area contributed by atoms with Crippen LogP contribution >= 0.6 is 23.2 Å². The van der Waals surface area contributed by atoms with Crippen molar-refractivity contribution in [1.82, 2.24) is 10.3 Å². The Hall–Kier alpha value is -2.01. The van der Waals surface area contributed by atoms with Gasteiger partial charge in [-0.05, 0) is 35.7 Å². The number of halogens is 2. The Morgan fingerprint density at radius 3 is 2.75 bits per heavy atom. The zero-order chi connectivity index (χ0) is 17.1. The highest BCUT2D eigenvalue weighted by Crippen LogP contribution is 2.22. The van der Waals surface area contributed by atoms with Gasteiger partial charge in [-0.15, -0.1) is 0 Å². The zero-order valence-corrected chi connectivity index (χ0v) is 14.4. The maximum atomic E-state index is 12.2. The lowest BCUT2D eigenvalue weighted by atomic mass is 10.0. The molecule has 6 heteroatoms. The Morgan fingerprint density at radius 2 is 1.96 bits per heavy atom. The van der Waals surface area contributed by atoms with Gasteiger partial charge in [-0.2, -0.15) is 0 Å². The quantitative estimate of drug-likeness (QED) is 0.648. The maximum Gasteiger partial charge on any atom is 0.237 e. The molecule has 1 amide bonds. The summed E-state index contributed by atoms with van der Waals surface area (Å²) in [5, 5.41) is 4.87. The number of nitrogens with two attached hydrogens (primary N) is 1. The molecular formula is C18H17Cl2N3O. The van der Waals surface area contributed by atoms with Gasteiger partial charge in [-0.1, -0.05) is 47.5 Å². The van der Waals surface area contributed by atoms with Crippen LogP contribution in [0.4, 0.5) is 0 Å². The third-order valence-corrected chi connectivity index (χ3v) is 4.64. The lowest BCUT2D eigenvalue weighted by Gasteiger charge is -2.12. The lowest BCUT2D eigenvalue weighted by Crippen LogP contribution is -2.41. The van der Waals surface area contributed by atoms with Crippen LogP contribution in [0.5, 0.6) is 0 Å². The number of carbonyl (C=O) groups excluding carboxylic acids is 1. The number of hydrogen-bond donors (Lipinski definition) is 3. The van der Waals surface area contributed by atoms with E-state index in [9.17, 15) is 4.79 Å². The summed E-state index contributed by atoms with van der Waals surface area (Å²) in [4.78, 5) is 15.4. The van der Waals surface area contributed by atoms with Gasteiger partial charge in [0.25, 0.3) is 0 Å². The molecule has 3 rings (SSSR count). The van der Waals surface area contributed by atoms with Crippen molar-refractivity contribution in [2.45, 2.75) is 19.0 Å². The lowest BCUT2D eigenvalue weighted by molar-refractivity contribution is -0.122. The predicted octanol–water partition coefficient (Wildman–Crippen LogP) is 3.66. The standard InChI is InChI=1S/C18H17Cl2N3O/c19-14-6-5-11(7-15(14)20)9-23-18(24)16(21)8-12-10-22-17-4-2-1-3-13(12)17/h1-7,10,16,22H,8-9,21H2,(H,23,24)/t16-/m1/s1. The second kappa shape index (κ2) is 7.26. The topological polar surface area (TPSA) is 70.9 Å². The molecule has 0 saturated carbocycles. The van der Waals surface area contributed by atoms with E-state index < -0.39 is 6.04 Å². The number of amides is 1. The fraction of sp³-hybridized carbons (Fsp3) is 0.167. The van der Waals surface area contributed by atoms with E-state index in [1.807, 2.05) is 36.5 Å². The van der Waals surface area contributed by atoms with Crippen LogP contribution in [0.25, 0.3) is 10.9 Å². The number of para-hydroxylation sites is 1. The van der Waals surface area contributed by atoms with Crippen molar-refractivity contribution in [1.29, 1.82) is 0 Å². The molecule has 0 bridgehead atoms. The molecule has 1 heterocycles. The molecule has 1 aromatic heterocycles. The molecule has 0 aliphatic carbocycles. The summed E-state index contributed by atoms with van der Waals surface area (Å²) in [5.74, 6) is -0.202. The fourth-order valence-corrected chi connectivity index (χ4v) is 2.92. The molecule has 0 unspecified atom stereocenters. The molecule has 0 radical (unpaired) electrons. The number of aromatic amines is 1. The number of benzene rings is 2. The summed E-state index contributed by atoms with van der Waals surface area (Å²) in [6, 6.07) is 12.6. The third-order valence-electron chi connectivity index (χ3n) is 3.90. The van der Waals surface area contributed by atoms with Gasteiger partial charge in [0.2, 0.25) is 5.91 Å². The van der Waals surface area contributed by atoms with Crippen LogP contribution in [0, 0.1) is 0 Å². The van der Waals surface area contributed by atoms with Gasteiger partial charge in [0, 0.05) is 23.6 Å². The molecular weight excluding hydrogens is 345 g/mol. The van der Waals surface area contributed by atoms with Gasteiger partial charge in [0.1, 0.15) is 0 Å². The van der Waals surface area contributed by atoms with E-state index in [1.54, 1.807) is 12.1 Å². The van der Waals surface area contributed by atoms with Crippen LogP contribution in [0.2, 0.25) is 10.0 Å². The number of rotatable bonds is 5. The van der Waals surface area contributed by atoms with E-state index >= 15 is 0 Å². The third kappa shape index (κ3) is 3.73. The Bertz CT molecular complexity index is 876. The summed E-state index contributed by atoms with van der Waals surface area (Å²) in [5.41, 5.74) is 8.99. The summed E-state index contributed by atoms with van der Waals surface area (Å²) in [6.45, 7) is 0.358. The average Bonchev–Trinajstić information content (AvgIpc) is 2.99. The number of hydrogen-bond acceptors (Lipinski definition) is 2. The van der Waals surface area contributed by atoms with E-state index in [0.29, 0.717) is 23.0 Å². The molecule has 0 spiro atoms. The van der Waals surface area contributed by atoms with Crippen LogP contribution in [0.15, 0.2) is 48.7 Å². The summed E-state index contributed by atoms with van der Waals surface area (Å²) < 4.78 is 0. The molecule has 4 N–H and O–H groups in total. The van der Waals surface area contributed by atoms with E-state index in [0.717, 1.165) is 22.0 Å². The highest BCUT2D eigenvalue weighted by molar-refractivity contribution is 6.42. The van der Waals surface area contributed by atoms with Crippen molar-refractivity contribution >= 4 is 40.0 Å². The number of nitrogens with one attached hydrogen (secondary N) is 2. The van der Waals surface area contributed by atoms with Crippen molar-refractivity contribution < 1.29 is 4.79 Å². The average molecular weight is 362 g/mol. The van der Waals surface area contributed by atoms with Crippen LogP contribution in [-0.4, -0.2) is 16.9 Å². The molecule has 0 aliphatic rings. The molecule has 0 aliphatic heterocycles. The van der Waals surface area contributed by atoms with Crippen LogP contribution in [0.3, 0.4) is 0 Å². The smallest absolute Gasteiger partial charge is 0.237 e. The second-order valence-electron chi connectivity index (χ2n) is 5.64. The fourth-order valence-electron chi connectivity index (χ4n) is 2.60. The van der Waals surface area contributed by atoms with Crippen molar-refractivity contribution in [3.63, 3.8) is 0 Å². The SMILES string of the molecule is N[C@H](Cc1c[nH]c2ccccc12)C(=O)NCc1ccc(Cl)c(Cl)c1. The summed E-state index contributed by atoms with van der Waals surface area (Å²) >= 11 is 11.8. The Kier molecular flexibility index (Phi) is 5.09. The van der Waals surface area contributed by atoms with Crippen molar-refractivity contribution in [2.75, 3.05) is 0 Å². The van der Waals surface area contributed by atoms with Crippen LogP contribution in [-0.2, 0) is 17.8 Å². The summed E-state index contributed by atoms with van der Waals surface area (Å²) in [6.07, 6.45) is 2.37. The largest absolute Gasteiger partial charge is 0.361 e. The zero-order valence-electron chi connectivity index (χ0n) is 12.9. The normalized spacial score (nSPS) is 12.3. The van der Waals surface area contributed by atoms with Gasteiger partial charge in [0.05, 0.1) is 16.1 Å². The molecule has 124 valence electrons. The Labute approximate surface area is 149 Å². The van der Waals surface area contributed by atoms with E-state index in [-0.39, 0.29) is 5.91 Å². The molecule has 4 nitrogen and oxygen atoms in total. The van der Waals surface area contributed by atoms with Gasteiger partial charge in [-0.25, -0.2) is 0 Å². The van der Waals surface area contributed by atoms with Crippen LogP contribution in [0.1, 0.15) is 11.1 Å². The first-order chi connectivity index (χ1) is 11.5. The van der Waals surface area contributed by atoms with E-state index in [2.05, 4.69) is 10.3 Å². The van der Waals surface area contributed by atoms with Crippen LogP contribution < -0.4 is 11.1 Å². The number of carbonyl (C=O) groups is 1. The monoisotopic (exact) mass is 361 g/mol. The van der Waals surface area contributed by atoms with Crippen molar-refractivity contribution in [3.05, 3.63) is 69.8 Å². The molecule has 2 aromatic carbocycles. The minimum absolute atomic E-state index is 0.202. The molecule has 0 saturated heterocycles. The molecule has 0 fully saturated rings. The Morgan fingerprint density at radius 1 is 1.17 bits per heavy atom. The molecule has 3 aromatic rings. The van der Waals surface area contributed by atoms with Crippen molar-refractivity contribution in [2.24, 2.45) is 5.73 Å². The minimum Gasteiger partial charge on any atom is -0.361 e. The minimum atomic E-state index is -0.619. The predicted molar refractivity (Wildman–Crippen MR) is 98.3 cm³/mol. The van der Waals surface area contributed by atoms with E-state index in [4.69, 9.17) is 28.9 Å². The van der Waals surface area contributed by atoms with Gasteiger partial charge < -0.3 is 16.0 Å². The first-order valence-corrected chi connectivity index (χ1v) is 8.32. The summed E-state index contributed by atoms with van der Waals surface area (Å²) in [7, 11) is 0. The number of aromatic nitrogens is 1. The van der Waals surface area contributed by atoms with Crippen molar-refractivity contribution in [3.8, 4) is 0 Å². The van der Waals surface area contributed by atoms with Gasteiger partial charge in [-0.3, -0.25) is 4.79 Å². The van der Waals surface area contributed by atoms with E-state index in [1.165, 1.54) is 0 Å².